The third kappa shape index (κ3) is 8.65. The van der Waals surface area contributed by atoms with Crippen LogP contribution in [0.2, 0.25) is 5.02 Å². The predicted molar refractivity (Wildman–Crippen MR) is 133 cm³/mol. The van der Waals surface area contributed by atoms with Crippen LogP contribution in [0.25, 0.3) is 0 Å². The van der Waals surface area contributed by atoms with Crippen molar-refractivity contribution in [1.29, 1.82) is 0 Å². The van der Waals surface area contributed by atoms with Crippen molar-refractivity contribution in [2.75, 3.05) is 13.1 Å². The molecule has 206 valence electrons. The van der Waals surface area contributed by atoms with E-state index in [4.69, 9.17) is 26.2 Å². The molecule has 0 spiro atoms. The van der Waals surface area contributed by atoms with Crippen LogP contribution in [-0.2, 0) is 26.9 Å². The van der Waals surface area contributed by atoms with Crippen molar-refractivity contribution < 1.29 is 40.6 Å². The molecule has 1 N–H and O–H groups in total. The first kappa shape index (κ1) is 29.8. The number of hydrogen-bond acceptors (Lipinski definition) is 7. The lowest BCUT2D eigenvalue weighted by molar-refractivity contribution is -0.192. The van der Waals surface area contributed by atoms with Crippen LogP contribution in [0.3, 0.4) is 0 Å². The number of aliphatic carboxylic acids is 1. The summed E-state index contributed by atoms with van der Waals surface area (Å²) in [6.07, 6.45) is -3.61. The van der Waals surface area contributed by atoms with Crippen molar-refractivity contribution in [2.45, 2.75) is 42.3 Å². The Bertz CT molecular complexity index is 1320. The Balaban J connectivity index is 0.000000505. The minimum atomic E-state index is -5.08. The van der Waals surface area contributed by atoms with Crippen LogP contribution in [0.1, 0.15) is 24.1 Å². The standard InChI is InChI=1S/C22H22ClFN2O3S2.C2HF3O2/c23-19-10-22(31(27,28)14-17-13-30-15-25-17)20(24)11-21(19)29-18-6-8-26(9-7-18)12-16-4-2-1-3-5-16;3-2(4,5)1(6)7/h1-5,10-11,13,15,18H,6-9,12,14H2;(H,6,7). The molecule has 2 heterocycles. The third-order valence-electron chi connectivity index (χ3n) is 5.46. The second-order valence-electron chi connectivity index (χ2n) is 8.33. The van der Waals surface area contributed by atoms with E-state index in [0.717, 1.165) is 44.6 Å². The molecular weight excluding hydrogens is 572 g/mol. The van der Waals surface area contributed by atoms with E-state index in [1.165, 1.54) is 22.4 Å². The van der Waals surface area contributed by atoms with E-state index >= 15 is 0 Å². The zero-order valence-electron chi connectivity index (χ0n) is 19.7. The average Bonchev–Trinajstić information content (AvgIpc) is 3.35. The van der Waals surface area contributed by atoms with Gasteiger partial charge in [-0.25, -0.2) is 22.6 Å². The topological polar surface area (TPSA) is 96.8 Å². The molecule has 1 fully saturated rings. The molecule has 1 aromatic heterocycles. The van der Waals surface area contributed by atoms with E-state index in [9.17, 15) is 26.0 Å². The van der Waals surface area contributed by atoms with Crippen LogP contribution in [0.15, 0.2) is 58.3 Å². The molecule has 7 nitrogen and oxygen atoms in total. The van der Waals surface area contributed by atoms with Gasteiger partial charge in [-0.05, 0) is 24.5 Å². The van der Waals surface area contributed by atoms with Crippen molar-refractivity contribution in [1.82, 2.24) is 9.88 Å². The highest BCUT2D eigenvalue weighted by atomic mass is 35.5. The van der Waals surface area contributed by atoms with Crippen molar-refractivity contribution in [3.05, 3.63) is 75.5 Å². The molecule has 14 heteroatoms. The van der Waals surface area contributed by atoms with Gasteiger partial charge in [-0.3, -0.25) is 4.90 Å². The van der Waals surface area contributed by atoms with Crippen LogP contribution in [-0.4, -0.2) is 54.7 Å². The van der Waals surface area contributed by atoms with Crippen molar-refractivity contribution in [2.24, 2.45) is 0 Å². The number of piperidine rings is 1. The first-order valence-corrected chi connectivity index (χ1v) is 14.1. The monoisotopic (exact) mass is 594 g/mol. The van der Waals surface area contributed by atoms with Gasteiger partial charge in [-0.1, -0.05) is 41.9 Å². The summed E-state index contributed by atoms with van der Waals surface area (Å²) in [4.78, 5) is 14.8. The number of carbonyl (C=O) groups is 1. The number of hydrogen-bond donors (Lipinski definition) is 1. The maximum absolute atomic E-state index is 14.7. The van der Waals surface area contributed by atoms with Gasteiger partial charge < -0.3 is 9.84 Å². The first-order valence-electron chi connectivity index (χ1n) is 11.2. The fourth-order valence-electron chi connectivity index (χ4n) is 3.63. The van der Waals surface area contributed by atoms with E-state index < -0.39 is 32.7 Å². The molecule has 3 aromatic rings. The highest BCUT2D eigenvalue weighted by Crippen LogP contribution is 2.33. The lowest BCUT2D eigenvalue weighted by atomic mass is 10.1. The Morgan fingerprint density at radius 3 is 2.37 bits per heavy atom. The summed E-state index contributed by atoms with van der Waals surface area (Å²) < 4.78 is 77.5. The van der Waals surface area contributed by atoms with Crippen molar-refractivity contribution in [3.63, 3.8) is 0 Å². The van der Waals surface area contributed by atoms with E-state index in [1.807, 2.05) is 18.2 Å². The Morgan fingerprint density at radius 1 is 1.18 bits per heavy atom. The van der Waals surface area contributed by atoms with Crippen molar-refractivity contribution in [3.8, 4) is 5.75 Å². The minimum Gasteiger partial charge on any atom is -0.489 e. The summed E-state index contributed by atoms with van der Waals surface area (Å²) in [6, 6.07) is 12.5. The first-order chi connectivity index (χ1) is 17.8. The number of halogens is 5. The van der Waals surface area contributed by atoms with Crippen LogP contribution >= 0.6 is 22.9 Å². The largest absolute Gasteiger partial charge is 0.490 e. The second kappa shape index (κ2) is 12.9. The quantitative estimate of drug-likeness (QED) is 0.356. The summed E-state index contributed by atoms with van der Waals surface area (Å²) in [6.45, 7) is 2.61. The van der Waals surface area contributed by atoms with Gasteiger partial charge >= 0.3 is 12.1 Å². The summed E-state index contributed by atoms with van der Waals surface area (Å²) in [5, 5.41) is 8.84. The number of thiazole rings is 1. The molecule has 0 bridgehead atoms. The molecule has 1 aliphatic rings. The van der Waals surface area contributed by atoms with E-state index in [-0.39, 0.29) is 22.6 Å². The lowest BCUT2D eigenvalue weighted by Gasteiger charge is -2.32. The third-order valence-corrected chi connectivity index (χ3v) is 8.05. The zero-order valence-corrected chi connectivity index (χ0v) is 22.1. The van der Waals surface area contributed by atoms with Crippen LogP contribution in [0, 0.1) is 5.82 Å². The fraction of sp³-hybridized carbons (Fsp3) is 0.333. The Hall–Kier alpha value is -2.74. The van der Waals surface area contributed by atoms with E-state index in [0.29, 0.717) is 5.69 Å². The predicted octanol–water partition coefficient (Wildman–Crippen LogP) is 5.59. The number of ether oxygens (including phenoxy) is 1. The van der Waals surface area contributed by atoms with Crippen molar-refractivity contribution >= 4 is 38.7 Å². The maximum atomic E-state index is 14.7. The van der Waals surface area contributed by atoms with E-state index in [2.05, 4.69) is 22.0 Å². The molecule has 0 amide bonds. The van der Waals surface area contributed by atoms with Gasteiger partial charge in [0.1, 0.15) is 22.6 Å². The number of benzene rings is 2. The average molecular weight is 595 g/mol. The van der Waals surface area contributed by atoms with Gasteiger partial charge in [0.25, 0.3) is 0 Å². The summed E-state index contributed by atoms with van der Waals surface area (Å²) in [7, 11) is -3.90. The minimum absolute atomic E-state index is 0.0879. The zero-order chi connectivity index (χ0) is 27.9. The van der Waals surface area contributed by atoms with Gasteiger partial charge in [0.05, 0.1) is 22.0 Å². The number of carboxylic acids is 1. The van der Waals surface area contributed by atoms with Crippen LogP contribution < -0.4 is 4.74 Å². The summed E-state index contributed by atoms with van der Waals surface area (Å²) in [5.41, 5.74) is 3.18. The highest BCUT2D eigenvalue weighted by molar-refractivity contribution is 7.90. The molecular formula is C24H23ClF4N2O5S2. The Kier molecular flexibility index (Phi) is 10.1. The fourth-order valence-corrected chi connectivity index (χ4v) is 5.92. The van der Waals surface area contributed by atoms with Gasteiger partial charge in [-0.15, -0.1) is 11.3 Å². The number of aromatic nitrogens is 1. The molecule has 38 heavy (non-hydrogen) atoms. The van der Waals surface area contributed by atoms with Crippen LogP contribution in [0.4, 0.5) is 17.6 Å². The highest BCUT2D eigenvalue weighted by Gasteiger charge is 2.38. The maximum Gasteiger partial charge on any atom is 0.490 e. The molecule has 2 aromatic carbocycles. The van der Waals surface area contributed by atoms with Gasteiger partial charge in [0, 0.05) is 31.1 Å². The van der Waals surface area contributed by atoms with Gasteiger partial charge in [0.15, 0.2) is 9.84 Å². The number of nitrogens with zero attached hydrogens (tertiary/aromatic N) is 2. The second-order valence-corrected chi connectivity index (χ2v) is 11.4. The summed E-state index contributed by atoms with van der Waals surface area (Å²) >= 11 is 7.55. The molecule has 1 aliphatic heterocycles. The van der Waals surface area contributed by atoms with Gasteiger partial charge in [-0.2, -0.15) is 13.2 Å². The number of rotatable bonds is 7. The molecule has 0 unspecified atom stereocenters. The molecule has 0 atom stereocenters. The molecule has 0 saturated carbocycles. The Labute approximate surface area is 225 Å². The smallest absolute Gasteiger partial charge is 0.489 e. The Morgan fingerprint density at radius 2 is 1.82 bits per heavy atom. The molecule has 4 rings (SSSR count). The SMILES string of the molecule is O=C(O)C(F)(F)F.O=S(=O)(Cc1cscn1)c1cc(Cl)c(OC2CCN(Cc3ccccc3)CC2)cc1F. The number of sulfone groups is 1. The lowest BCUT2D eigenvalue weighted by Crippen LogP contribution is -2.37. The number of alkyl halides is 3. The molecule has 1 saturated heterocycles. The molecule has 0 aliphatic carbocycles. The molecule has 0 radical (unpaired) electrons. The summed E-state index contributed by atoms with van der Waals surface area (Å²) in [5.74, 6) is -3.82. The van der Waals surface area contributed by atoms with E-state index in [1.54, 1.807) is 5.38 Å². The van der Waals surface area contributed by atoms with Crippen LogP contribution in [0.5, 0.6) is 5.75 Å². The number of carboxylic acid groups (broad SMARTS) is 1. The van der Waals surface area contributed by atoms with Gasteiger partial charge in [0.2, 0.25) is 0 Å². The number of likely N-dealkylation sites (tertiary alicyclic amines) is 1. The normalized spacial score (nSPS) is 15.0.